The van der Waals surface area contributed by atoms with Crippen LogP contribution in [0.25, 0.3) is 0 Å². The first-order valence-electron chi connectivity index (χ1n) is 2.63. The average Bonchev–Trinajstić information content (AvgIpc) is 1.97. The zero-order valence-electron chi connectivity index (χ0n) is 5.51. The van der Waals surface area contributed by atoms with Gasteiger partial charge in [0.15, 0.2) is 0 Å². The highest BCUT2D eigenvalue weighted by atomic mass is 17.4. The third-order valence-electron chi connectivity index (χ3n) is 0.850. The maximum Gasteiger partial charge on any atom is 0.115 e. The Hall–Kier alpha value is -1.30. The van der Waals surface area contributed by atoms with Crippen molar-refractivity contribution in [3.05, 3.63) is 24.3 Å². The van der Waals surface area contributed by atoms with Crippen molar-refractivity contribution in [1.29, 1.82) is 0 Å². The largest absolute Gasteiger partial charge is 0.508 e. The van der Waals surface area contributed by atoms with Gasteiger partial charge in [-0.25, -0.2) is 10.5 Å². The first-order valence-corrected chi connectivity index (χ1v) is 2.63. The lowest BCUT2D eigenvalue weighted by Crippen LogP contribution is -1.61. The van der Waals surface area contributed by atoms with Gasteiger partial charge in [0.25, 0.3) is 0 Å². The molecule has 0 heterocycles. The maximum absolute atomic E-state index is 8.65. The van der Waals surface area contributed by atoms with Crippen LogP contribution in [0.15, 0.2) is 24.3 Å². The van der Waals surface area contributed by atoms with Gasteiger partial charge in [-0.3, -0.25) is 0 Å². The van der Waals surface area contributed by atoms with Gasteiger partial charge in [0, 0.05) is 0 Å². The molecule has 0 saturated heterocycles. The number of phenols is 2. The minimum atomic E-state index is 0.169. The summed E-state index contributed by atoms with van der Waals surface area (Å²) in [7, 11) is 0. The molecule has 0 radical (unpaired) electrons. The van der Waals surface area contributed by atoms with Crippen LogP contribution in [-0.2, 0) is 5.04 Å². The Morgan fingerprint density at radius 2 is 1.00 bits per heavy atom. The van der Waals surface area contributed by atoms with Gasteiger partial charge < -0.3 is 10.2 Å². The van der Waals surface area contributed by atoms with E-state index >= 15 is 0 Å². The summed E-state index contributed by atoms with van der Waals surface area (Å²) in [6, 6.07) is 5.70. The fourth-order valence-electron chi connectivity index (χ4n) is 0.453. The second-order valence-electron chi connectivity index (χ2n) is 1.60. The van der Waals surface area contributed by atoms with Crippen LogP contribution in [0.1, 0.15) is 0 Å². The van der Waals surface area contributed by atoms with Crippen molar-refractivity contribution < 1.29 is 25.8 Å². The van der Waals surface area contributed by atoms with Crippen LogP contribution >= 0.6 is 0 Å². The zero-order valence-corrected chi connectivity index (χ0v) is 5.51. The highest BCUT2D eigenvalue weighted by molar-refractivity contribution is 5.28. The Morgan fingerprint density at radius 3 is 1.18 bits per heavy atom. The van der Waals surface area contributed by atoms with Crippen LogP contribution in [0.5, 0.6) is 11.5 Å². The van der Waals surface area contributed by atoms with Crippen LogP contribution in [0.4, 0.5) is 0 Å². The molecule has 0 aliphatic carbocycles. The topological polar surface area (TPSA) is 90.2 Å². The molecule has 0 aliphatic rings. The Balaban J connectivity index is 0.000000292. The summed E-state index contributed by atoms with van der Waals surface area (Å²) in [6.07, 6.45) is 0. The highest BCUT2D eigenvalue weighted by Gasteiger charge is 1.84. The summed E-state index contributed by atoms with van der Waals surface area (Å²) >= 11 is 0. The summed E-state index contributed by atoms with van der Waals surface area (Å²) < 4.78 is 0. The second-order valence-corrected chi connectivity index (χ2v) is 1.60. The fourth-order valence-corrected chi connectivity index (χ4v) is 0.453. The number of phenolic OH excluding ortho intramolecular Hbond substituents is 2. The third-order valence-corrected chi connectivity index (χ3v) is 0.850. The van der Waals surface area contributed by atoms with Crippen LogP contribution in [0.3, 0.4) is 0 Å². The number of aromatic hydroxyl groups is 2. The first kappa shape index (κ1) is 9.70. The van der Waals surface area contributed by atoms with Crippen LogP contribution in [0, 0.1) is 0 Å². The summed E-state index contributed by atoms with van der Waals surface area (Å²) in [5, 5.41) is 32.8. The van der Waals surface area contributed by atoms with Crippen LogP contribution in [-0.4, -0.2) is 20.7 Å². The molecule has 0 atom stereocenters. The van der Waals surface area contributed by atoms with Crippen LogP contribution in [0.2, 0.25) is 0 Å². The quantitative estimate of drug-likeness (QED) is 0.258. The van der Waals surface area contributed by atoms with E-state index in [9.17, 15) is 0 Å². The molecule has 0 saturated carbocycles. The van der Waals surface area contributed by atoms with E-state index in [-0.39, 0.29) is 11.5 Å². The summed E-state index contributed by atoms with van der Waals surface area (Å²) in [5.41, 5.74) is 0. The molecule has 4 N–H and O–H groups in total. The smallest absolute Gasteiger partial charge is 0.115 e. The summed E-state index contributed by atoms with van der Waals surface area (Å²) in [6.45, 7) is 0. The molecule has 0 unspecified atom stereocenters. The summed E-state index contributed by atoms with van der Waals surface area (Å²) in [4.78, 5) is 0. The first-order chi connectivity index (χ1) is 5.20. The van der Waals surface area contributed by atoms with Gasteiger partial charge in [0.05, 0.1) is 0 Å². The molecule has 0 aliphatic heterocycles. The predicted octanol–water partition coefficient (Wildman–Crippen LogP) is 1.05. The van der Waals surface area contributed by atoms with Crippen molar-refractivity contribution in [1.82, 2.24) is 0 Å². The number of benzene rings is 1. The van der Waals surface area contributed by atoms with Gasteiger partial charge in [-0.1, -0.05) is 5.04 Å². The Kier molecular flexibility index (Phi) is 4.83. The number of hydrogen-bond donors (Lipinski definition) is 4. The van der Waals surface area contributed by atoms with Crippen molar-refractivity contribution in [3.63, 3.8) is 0 Å². The minimum absolute atomic E-state index is 0.169. The van der Waals surface area contributed by atoms with Crippen molar-refractivity contribution in [2.24, 2.45) is 0 Å². The van der Waals surface area contributed by atoms with Gasteiger partial charge in [0.1, 0.15) is 11.5 Å². The van der Waals surface area contributed by atoms with Crippen LogP contribution < -0.4 is 0 Å². The van der Waals surface area contributed by atoms with E-state index in [0.29, 0.717) is 0 Å². The molecule has 0 amide bonds. The van der Waals surface area contributed by atoms with E-state index in [1.54, 1.807) is 0 Å². The fraction of sp³-hybridized carbons (Fsp3) is 0. The molecule has 5 nitrogen and oxygen atoms in total. The van der Waals surface area contributed by atoms with E-state index in [1.165, 1.54) is 24.3 Å². The van der Waals surface area contributed by atoms with E-state index in [4.69, 9.17) is 20.7 Å². The molecule has 1 aromatic rings. The third kappa shape index (κ3) is 5.16. The molecular formula is C6H8O5. The molecule has 0 bridgehead atoms. The van der Waals surface area contributed by atoms with Gasteiger partial charge in [0.2, 0.25) is 0 Å². The highest BCUT2D eigenvalue weighted by Crippen LogP contribution is 2.13. The molecule has 1 rings (SSSR count). The molecule has 1 aromatic carbocycles. The lowest BCUT2D eigenvalue weighted by atomic mass is 10.3. The van der Waals surface area contributed by atoms with Gasteiger partial charge in [-0.15, -0.1) is 0 Å². The van der Waals surface area contributed by atoms with Gasteiger partial charge in [-0.05, 0) is 24.3 Å². The molecule has 5 heteroatoms. The van der Waals surface area contributed by atoms with E-state index in [0.717, 1.165) is 0 Å². The lowest BCUT2D eigenvalue weighted by molar-refractivity contribution is -0.465. The van der Waals surface area contributed by atoms with Crippen molar-refractivity contribution in [2.75, 3.05) is 0 Å². The van der Waals surface area contributed by atoms with Gasteiger partial charge >= 0.3 is 0 Å². The molecule has 0 fully saturated rings. The maximum atomic E-state index is 8.65. The molecule has 11 heavy (non-hydrogen) atoms. The standard InChI is InChI=1S/C6H6O2.H2O3/c7-5-1-2-6(8)4-3-5;1-3-2/h1-4,7-8H;1-2H. The van der Waals surface area contributed by atoms with E-state index in [1.807, 2.05) is 0 Å². The Labute approximate surface area is 62.6 Å². The number of rotatable bonds is 0. The molecule has 0 aromatic heterocycles. The van der Waals surface area contributed by atoms with Crippen molar-refractivity contribution >= 4 is 0 Å². The SMILES string of the molecule is OOO.Oc1ccc(O)cc1. The molecular weight excluding hydrogens is 152 g/mol. The van der Waals surface area contributed by atoms with E-state index < -0.39 is 0 Å². The average molecular weight is 160 g/mol. The molecule has 0 spiro atoms. The monoisotopic (exact) mass is 160 g/mol. The van der Waals surface area contributed by atoms with Crippen molar-refractivity contribution in [2.45, 2.75) is 0 Å². The van der Waals surface area contributed by atoms with Gasteiger partial charge in [-0.2, -0.15) is 0 Å². The lowest BCUT2D eigenvalue weighted by Gasteiger charge is -1.88. The molecule has 62 valence electrons. The summed E-state index contributed by atoms with van der Waals surface area (Å²) in [5.74, 6) is 0.339. The number of hydrogen-bond acceptors (Lipinski definition) is 5. The van der Waals surface area contributed by atoms with E-state index in [2.05, 4.69) is 5.04 Å². The second kappa shape index (κ2) is 5.48. The van der Waals surface area contributed by atoms with Crippen molar-refractivity contribution in [3.8, 4) is 11.5 Å². The predicted molar refractivity (Wildman–Crippen MR) is 36.1 cm³/mol. The Morgan fingerprint density at radius 1 is 0.818 bits per heavy atom. The normalized spacial score (nSPS) is 8.18. The minimum Gasteiger partial charge on any atom is -0.508 e. The Bertz CT molecular complexity index is 162. The zero-order chi connectivity index (χ0) is 8.69.